The Kier molecular flexibility index (Phi) is 4.22. The predicted octanol–water partition coefficient (Wildman–Crippen LogP) is 3.19. The molecule has 0 amide bonds. The first-order valence-electron chi connectivity index (χ1n) is 5.49. The quantitative estimate of drug-likeness (QED) is 0.636. The molecule has 106 valence electrons. The van der Waals surface area contributed by atoms with Crippen LogP contribution in [-0.2, 0) is 10.0 Å². The second kappa shape index (κ2) is 5.59. The fourth-order valence-electron chi connectivity index (χ4n) is 1.57. The lowest BCUT2D eigenvalue weighted by molar-refractivity contribution is 0.601. The predicted molar refractivity (Wildman–Crippen MR) is 83.3 cm³/mol. The van der Waals surface area contributed by atoms with Crippen molar-refractivity contribution in [3.8, 4) is 0 Å². The minimum absolute atomic E-state index is 0.0554. The van der Waals surface area contributed by atoms with Gasteiger partial charge in [0, 0.05) is 0 Å². The van der Waals surface area contributed by atoms with Gasteiger partial charge in [-0.3, -0.25) is 4.72 Å². The lowest BCUT2D eigenvalue weighted by Gasteiger charge is -2.10. The Bertz CT molecular complexity index is 725. The molecule has 3 N–H and O–H groups in total. The Morgan fingerprint density at radius 1 is 1.35 bits per heavy atom. The van der Waals surface area contributed by atoms with Gasteiger partial charge in [0.05, 0.1) is 27.5 Å². The Labute approximate surface area is 130 Å². The first-order valence-corrected chi connectivity index (χ1v) is 8.15. The lowest BCUT2D eigenvalue weighted by atomic mass is 10.2. The number of hydrogen-bond donors (Lipinski definition) is 2. The van der Waals surface area contributed by atoms with Crippen molar-refractivity contribution in [2.45, 2.75) is 11.8 Å². The molecule has 5 nitrogen and oxygen atoms in total. The number of halogens is 2. The van der Waals surface area contributed by atoms with Crippen molar-refractivity contribution in [2.24, 2.45) is 0 Å². The highest BCUT2D eigenvalue weighted by Crippen LogP contribution is 2.27. The van der Waals surface area contributed by atoms with Crippen molar-refractivity contribution in [3.63, 3.8) is 0 Å². The van der Waals surface area contributed by atoms with Gasteiger partial charge in [-0.1, -0.05) is 11.6 Å². The Balaban J connectivity index is 2.38. The molecular weight excluding hydrogens is 366 g/mol. The van der Waals surface area contributed by atoms with Gasteiger partial charge in [0.1, 0.15) is 4.60 Å². The number of nitrogen functional groups attached to an aromatic ring is 1. The van der Waals surface area contributed by atoms with E-state index in [1.165, 1.54) is 18.3 Å². The van der Waals surface area contributed by atoms with Crippen LogP contribution in [0.1, 0.15) is 5.56 Å². The van der Waals surface area contributed by atoms with Gasteiger partial charge in [-0.15, -0.1) is 0 Å². The monoisotopic (exact) mass is 375 g/mol. The van der Waals surface area contributed by atoms with Gasteiger partial charge in [-0.05, 0) is 52.7 Å². The SMILES string of the molecule is Cc1cc(S(=O)(=O)Nc2ccc(Br)nc2)cc(N)c1Cl. The molecule has 8 heteroatoms. The van der Waals surface area contributed by atoms with Gasteiger partial charge in [0.25, 0.3) is 10.0 Å². The van der Waals surface area contributed by atoms with Gasteiger partial charge in [-0.25, -0.2) is 13.4 Å². The second-order valence-corrected chi connectivity index (χ2v) is 6.99. The largest absolute Gasteiger partial charge is 0.397 e. The number of nitrogens with zero attached hydrogens (tertiary/aromatic N) is 1. The standard InChI is InChI=1S/C12H11BrClN3O2S/c1-7-4-9(5-10(15)12(7)14)20(18,19)17-8-2-3-11(13)16-6-8/h2-6,17H,15H2,1H3. The van der Waals surface area contributed by atoms with Crippen LogP contribution < -0.4 is 10.5 Å². The topological polar surface area (TPSA) is 85.1 Å². The van der Waals surface area contributed by atoms with E-state index in [2.05, 4.69) is 25.6 Å². The van der Waals surface area contributed by atoms with E-state index >= 15 is 0 Å². The summed E-state index contributed by atoms with van der Waals surface area (Å²) in [6, 6.07) is 6.03. The molecule has 2 rings (SSSR count). The number of pyridine rings is 1. The number of hydrogen-bond acceptors (Lipinski definition) is 4. The summed E-state index contributed by atoms with van der Waals surface area (Å²) < 4.78 is 27.5. The fourth-order valence-corrected chi connectivity index (χ4v) is 3.07. The number of anilines is 2. The summed E-state index contributed by atoms with van der Waals surface area (Å²) in [6.45, 7) is 1.69. The molecule has 0 atom stereocenters. The summed E-state index contributed by atoms with van der Waals surface area (Å²) >= 11 is 9.10. The minimum Gasteiger partial charge on any atom is -0.397 e. The van der Waals surface area contributed by atoms with Crippen LogP contribution >= 0.6 is 27.5 Å². The summed E-state index contributed by atoms with van der Waals surface area (Å²) in [7, 11) is -3.73. The molecule has 0 fully saturated rings. The number of aryl methyl sites for hydroxylation is 1. The molecule has 1 aromatic heterocycles. The molecule has 0 saturated carbocycles. The van der Waals surface area contributed by atoms with E-state index in [0.29, 0.717) is 20.9 Å². The molecule has 0 unspecified atom stereocenters. The van der Waals surface area contributed by atoms with Crippen molar-refractivity contribution in [1.29, 1.82) is 0 Å². The molecule has 1 heterocycles. The molecule has 20 heavy (non-hydrogen) atoms. The highest BCUT2D eigenvalue weighted by Gasteiger charge is 2.17. The molecule has 0 aliphatic heterocycles. The Morgan fingerprint density at radius 3 is 2.60 bits per heavy atom. The zero-order chi connectivity index (χ0) is 14.9. The van der Waals surface area contributed by atoms with Gasteiger partial charge < -0.3 is 5.73 Å². The Hall–Kier alpha value is -1.31. The number of benzene rings is 1. The maximum Gasteiger partial charge on any atom is 0.262 e. The molecule has 1 aromatic carbocycles. The average molecular weight is 377 g/mol. The normalized spacial score (nSPS) is 11.3. The zero-order valence-corrected chi connectivity index (χ0v) is 13.6. The molecule has 2 aromatic rings. The average Bonchev–Trinajstić information content (AvgIpc) is 2.38. The van der Waals surface area contributed by atoms with E-state index in [9.17, 15) is 8.42 Å². The van der Waals surface area contributed by atoms with Crippen LogP contribution in [0.3, 0.4) is 0 Å². The smallest absolute Gasteiger partial charge is 0.262 e. The molecule has 0 radical (unpaired) electrons. The zero-order valence-electron chi connectivity index (χ0n) is 10.4. The fraction of sp³-hybridized carbons (Fsp3) is 0.0833. The number of sulfonamides is 1. The van der Waals surface area contributed by atoms with Crippen molar-refractivity contribution in [1.82, 2.24) is 4.98 Å². The highest BCUT2D eigenvalue weighted by molar-refractivity contribution is 9.10. The summed E-state index contributed by atoms with van der Waals surface area (Å²) in [5.41, 5.74) is 6.87. The Morgan fingerprint density at radius 2 is 2.05 bits per heavy atom. The molecule has 0 aliphatic carbocycles. The van der Waals surface area contributed by atoms with Crippen LogP contribution in [0.4, 0.5) is 11.4 Å². The maximum atomic E-state index is 12.3. The molecule has 0 aliphatic rings. The summed E-state index contributed by atoms with van der Waals surface area (Å²) in [5, 5.41) is 0.356. The van der Waals surface area contributed by atoms with Crippen LogP contribution in [0, 0.1) is 6.92 Å². The van der Waals surface area contributed by atoms with Gasteiger partial charge in [0.15, 0.2) is 0 Å². The van der Waals surface area contributed by atoms with E-state index in [1.807, 2.05) is 0 Å². The van der Waals surface area contributed by atoms with Crippen molar-refractivity contribution >= 4 is 48.9 Å². The molecule has 0 saturated heterocycles. The first kappa shape index (κ1) is 15.1. The number of nitrogens with two attached hydrogens (primary N) is 1. The first-order chi connectivity index (χ1) is 9.29. The maximum absolute atomic E-state index is 12.3. The van der Waals surface area contributed by atoms with Crippen LogP contribution in [0.5, 0.6) is 0 Å². The van der Waals surface area contributed by atoms with Crippen LogP contribution in [0.25, 0.3) is 0 Å². The minimum atomic E-state index is -3.73. The van der Waals surface area contributed by atoms with Crippen LogP contribution in [-0.4, -0.2) is 13.4 Å². The van der Waals surface area contributed by atoms with E-state index in [1.54, 1.807) is 19.1 Å². The summed E-state index contributed by atoms with van der Waals surface area (Å²) in [6.07, 6.45) is 1.41. The van der Waals surface area contributed by atoms with E-state index in [0.717, 1.165) is 0 Å². The van der Waals surface area contributed by atoms with Crippen LogP contribution in [0.2, 0.25) is 5.02 Å². The van der Waals surface area contributed by atoms with E-state index in [4.69, 9.17) is 17.3 Å². The molecular formula is C12H11BrClN3O2S. The summed E-state index contributed by atoms with van der Waals surface area (Å²) in [5.74, 6) is 0. The summed E-state index contributed by atoms with van der Waals surface area (Å²) in [4.78, 5) is 4.01. The number of nitrogens with one attached hydrogen (secondary N) is 1. The second-order valence-electron chi connectivity index (χ2n) is 4.12. The van der Waals surface area contributed by atoms with Gasteiger partial charge in [0.2, 0.25) is 0 Å². The van der Waals surface area contributed by atoms with Crippen molar-refractivity contribution < 1.29 is 8.42 Å². The van der Waals surface area contributed by atoms with E-state index in [-0.39, 0.29) is 10.6 Å². The lowest BCUT2D eigenvalue weighted by Crippen LogP contribution is -2.13. The number of aromatic nitrogens is 1. The van der Waals surface area contributed by atoms with Gasteiger partial charge >= 0.3 is 0 Å². The third-order valence-corrected chi connectivity index (χ3v) is 4.89. The number of rotatable bonds is 3. The van der Waals surface area contributed by atoms with E-state index < -0.39 is 10.0 Å². The van der Waals surface area contributed by atoms with Crippen molar-refractivity contribution in [3.05, 3.63) is 45.7 Å². The third kappa shape index (κ3) is 3.23. The van der Waals surface area contributed by atoms with Crippen molar-refractivity contribution in [2.75, 3.05) is 10.5 Å². The van der Waals surface area contributed by atoms with Gasteiger partial charge in [-0.2, -0.15) is 0 Å². The molecule has 0 spiro atoms. The highest BCUT2D eigenvalue weighted by atomic mass is 79.9. The van der Waals surface area contributed by atoms with Crippen LogP contribution in [0.15, 0.2) is 40.0 Å². The third-order valence-electron chi connectivity index (χ3n) is 2.55. The molecule has 0 bridgehead atoms.